The summed E-state index contributed by atoms with van der Waals surface area (Å²) in [6.07, 6.45) is 3.47. The van der Waals surface area contributed by atoms with Crippen LogP contribution in [-0.2, 0) is 11.2 Å². The van der Waals surface area contributed by atoms with E-state index in [9.17, 15) is 9.18 Å². The molecule has 0 bridgehead atoms. The van der Waals surface area contributed by atoms with E-state index < -0.39 is 0 Å². The lowest BCUT2D eigenvalue weighted by molar-refractivity contribution is -0.122. The minimum absolute atomic E-state index is 0.0546. The summed E-state index contributed by atoms with van der Waals surface area (Å²) in [5.74, 6) is 0.835. The molecule has 0 radical (unpaired) electrons. The van der Waals surface area contributed by atoms with E-state index in [1.807, 2.05) is 13.0 Å². The van der Waals surface area contributed by atoms with Gasteiger partial charge in [0.25, 0.3) is 0 Å². The first kappa shape index (κ1) is 16.9. The highest BCUT2D eigenvalue weighted by Gasteiger charge is 2.22. The third kappa shape index (κ3) is 5.09. The Morgan fingerprint density at radius 3 is 2.86 bits per heavy atom. The first-order valence-corrected chi connectivity index (χ1v) is 8.29. The molecule has 1 amide bonds. The Kier molecular flexibility index (Phi) is 6.37. The summed E-state index contributed by atoms with van der Waals surface area (Å²) in [6, 6.07) is 6.68. The normalized spacial score (nSPS) is 21.1. The Morgan fingerprint density at radius 2 is 2.18 bits per heavy atom. The fourth-order valence-corrected chi connectivity index (χ4v) is 3.20. The van der Waals surface area contributed by atoms with Crippen molar-refractivity contribution in [3.05, 3.63) is 35.6 Å². The topological polar surface area (TPSA) is 41.1 Å². The molecule has 0 saturated carbocycles. The van der Waals surface area contributed by atoms with Gasteiger partial charge in [-0.3, -0.25) is 4.79 Å². The highest BCUT2D eigenvalue weighted by molar-refractivity contribution is 5.76. The van der Waals surface area contributed by atoms with Gasteiger partial charge >= 0.3 is 0 Å². The van der Waals surface area contributed by atoms with Crippen molar-refractivity contribution in [3.63, 3.8) is 0 Å². The molecule has 4 heteroatoms. The van der Waals surface area contributed by atoms with Crippen LogP contribution in [0.5, 0.6) is 0 Å². The summed E-state index contributed by atoms with van der Waals surface area (Å²) in [6.45, 7) is 6.18. The van der Waals surface area contributed by atoms with Gasteiger partial charge < -0.3 is 10.6 Å². The van der Waals surface area contributed by atoms with Gasteiger partial charge in [0, 0.05) is 12.5 Å². The highest BCUT2D eigenvalue weighted by Crippen LogP contribution is 2.22. The third-order valence-electron chi connectivity index (χ3n) is 4.54. The number of halogens is 1. The standard InChI is InChI=1S/C18H27FN2O/c1-13(16-7-5-9-20-12-16)10-18(22)21-14(2)11-15-6-3-4-8-17(15)19/h3-4,6,8,13-14,16,20H,5,7,9-12H2,1-2H3,(H,21,22). The summed E-state index contributed by atoms with van der Waals surface area (Å²) >= 11 is 0. The second kappa shape index (κ2) is 8.28. The van der Waals surface area contributed by atoms with Crippen LogP contribution < -0.4 is 10.6 Å². The number of benzene rings is 1. The van der Waals surface area contributed by atoms with Crippen molar-refractivity contribution in [1.82, 2.24) is 10.6 Å². The summed E-state index contributed by atoms with van der Waals surface area (Å²) < 4.78 is 13.6. The van der Waals surface area contributed by atoms with Crippen LogP contribution in [0.15, 0.2) is 24.3 Å². The van der Waals surface area contributed by atoms with E-state index in [0.717, 1.165) is 13.1 Å². The van der Waals surface area contributed by atoms with Crippen molar-refractivity contribution in [3.8, 4) is 0 Å². The van der Waals surface area contributed by atoms with Gasteiger partial charge in [0.1, 0.15) is 5.82 Å². The number of nitrogens with one attached hydrogen (secondary N) is 2. The molecule has 0 aliphatic carbocycles. The summed E-state index contributed by atoms with van der Waals surface area (Å²) in [7, 11) is 0. The van der Waals surface area contributed by atoms with Gasteiger partial charge in [0.05, 0.1) is 0 Å². The fraction of sp³-hybridized carbons (Fsp3) is 0.611. The van der Waals surface area contributed by atoms with Gasteiger partial charge in [-0.25, -0.2) is 4.39 Å². The molecular formula is C18H27FN2O. The van der Waals surface area contributed by atoms with E-state index in [0.29, 0.717) is 30.2 Å². The zero-order valence-electron chi connectivity index (χ0n) is 13.6. The maximum Gasteiger partial charge on any atom is 0.220 e. The van der Waals surface area contributed by atoms with Crippen molar-refractivity contribution >= 4 is 5.91 Å². The SMILES string of the molecule is CC(Cc1ccccc1F)NC(=O)CC(C)C1CCCNC1. The van der Waals surface area contributed by atoms with E-state index >= 15 is 0 Å². The van der Waals surface area contributed by atoms with Crippen LogP contribution in [0.2, 0.25) is 0 Å². The number of carbonyl (C=O) groups is 1. The fourth-order valence-electron chi connectivity index (χ4n) is 3.20. The number of hydrogen-bond donors (Lipinski definition) is 2. The van der Waals surface area contributed by atoms with Crippen LogP contribution >= 0.6 is 0 Å². The summed E-state index contributed by atoms with van der Waals surface area (Å²) in [4.78, 5) is 12.2. The number of hydrogen-bond acceptors (Lipinski definition) is 2. The maximum atomic E-state index is 13.6. The highest BCUT2D eigenvalue weighted by atomic mass is 19.1. The van der Waals surface area contributed by atoms with Crippen LogP contribution in [-0.4, -0.2) is 25.0 Å². The first-order chi connectivity index (χ1) is 10.6. The Morgan fingerprint density at radius 1 is 1.41 bits per heavy atom. The Balaban J connectivity index is 1.77. The molecule has 1 aromatic rings. The lowest BCUT2D eigenvalue weighted by Gasteiger charge is -2.28. The number of rotatable bonds is 6. The predicted octanol–water partition coefficient (Wildman–Crippen LogP) is 2.90. The number of carbonyl (C=O) groups excluding carboxylic acids is 1. The molecule has 1 aromatic carbocycles. The Hall–Kier alpha value is -1.42. The molecule has 3 atom stereocenters. The molecule has 1 aliphatic rings. The molecule has 0 spiro atoms. The molecule has 3 unspecified atom stereocenters. The van der Waals surface area contributed by atoms with Crippen molar-refractivity contribution < 1.29 is 9.18 Å². The molecule has 1 aliphatic heterocycles. The molecule has 22 heavy (non-hydrogen) atoms. The lowest BCUT2D eigenvalue weighted by Crippen LogP contribution is -2.38. The van der Waals surface area contributed by atoms with E-state index in [1.54, 1.807) is 12.1 Å². The van der Waals surface area contributed by atoms with Gasteiger partial charge in [0.15, 0.2) is 0 Å². The van der Waals surface area contributed by atoms with Crippen LogP contribution in [0.3, 0.4) is 0 Å². The van der Waals surface area contributed by atoms with E-state index in [1.165, 1.54) is 18.9 Å². The van der Waals surface area contributed by atoms with E-state index in [4.69, 9.17) is 0 Å². The zero-order valence-corrected chi connectivity index (χ0v) is 13.6. The molecule has 2 rings (SSSR count). The van der Waals surface area contributed by atoms with Crippen molar-refractivity contribution in [2.24, 2.45) is 11.8 Å². The summed E-state index contributed by atoms with van der Waals surface area (Å²) in [5.41, 5.74) is 0.653. The van der Waals surface area contributed by atoms with E-state index in [-0.39, 0.29) is 17.8 Å². The van der Waals surface area contributed by atoms with Gasteiger partial charge in [-0.1, -0.05) is 25.1 Å². The second-order valence-corrected chi connectivity index (χ2v) is 6.55. The maximum absolute atomic E-state index is 13.6. The van der Waals surface area contributed by atoms with Gasteiger partial charge in [-0.05, 0) is 62.7 Å². The van der Waals surface area contributed by atoms with Crippen LogP contribution in [0.25, 0.3) is 0 Å². The minimum atomic E-state index is -0.203. The molecule has 1 saturated heterocycles. The van der Waals surface area contributed by atoms with Crippen molar-refractivity contribution in [2.45, 2.75) is 45.6 Å². The Labute approximate surface area is 132 Å². The minimum Gasteiger partial charge on any atom is -0.353 e. The molecule has 122 valence electrons. The third-order valence-corrected chi connectivity index (χ3v) is 4.54. The average molecular weight is 306 g/mol. The van der Waals surface area contributed by atoms with Crippen molar-refractivity contribution in [2.75, 3.05) is 13.1 Å². The monoisotopic (exact) mass is 306 g/mol. The predicted molar refractivity (Wildman–Crippen MR) is 87.1 cm³/mol. The van der Waals surface area contributed by atoms with Crippen molar-refractivity contribution in [1.29, 1.82) is 0 Å². The molecule has 3 nitrogen and oxygen atoms in total. The van der Waals surface area contributed by atoms with Crippen LogP contribution in [0.1, 0.15) is 38.7 Å². The van der Waals surface area contributed by atoms with Gasteiger partial charge in [-0.2, -0.15) is 0 Å². The van der Waals surface area contributed by atoms with Gasteiger partial charge in [-0.15, -0.1) is 0 Å². The summed E-state index contributed by atoms with van der Waals surface area (Å²) in [5, 5.41) is 6.39. The molecule has 1 fully saturated rings. The number of piperidine rings is 1. The number of amides is 1. The Bertz CT molecular complexity index is 486. The smallest absolute Gasteiger partial charge is 0.220 e. The first-order valence-electron chi connectivity index (χ1n) is 8.29. The quantitative estimate of drug-likeness (QED) is 0.848. The van der Waals surface area contributed by atoms with E-state index in [2.05, 4.69) is 17.6 Å². The van der Waals surface area contributed by atoms with Crippen LogP contribution in [0, 0.1) is 17.7 Å². The second-order valence-electron chi connectivity index (χ2n) is 6.55. The molecule has 0 aromatic heterocycles. The van der Waals surface area contributed by atoms with Crippen LogP contribution in [0.4, 0.5) is 4.39 Å². The van der Waals surface area contributed by atoms with Gasteiger partial charge in [0.2, 0.25) is 5.91 Å². The lowest BCUT2D eigenvalue weighted by atomic mass is 9.85. The zero-order chi connectivity index (χ0) is 15.9. The average Bonchev–Trinajstić information content (AvgIpc) is 2.50. The molecule has 1 heterocycles. The largest absolute Gasteiger partial charge is 0.353 e. The molecule has 2 N–H and O–H groups in total. The molecular weight excluding hydrogens is 279 g/mol.